The summed E-state index contributed by atoms with van der Waals surface area (Å²) in [6.07, 6.45) is 3.51. The molecule has 0 bridgehead atoms. The second-order valence-corrected chi connectivity index (χ2v) is 8.96. The second kappa shape index (κ2) is 7.52. The van der Waals surface area contributed by atoms with Crippen molar-refractivity contribution in [2.75, 3.05) is 36.5 Å². The van der Waals surface area contributed by atoms with E-state index in [4.69, 9.17) is 14.0 Å². The van der Waals surface area contributed by atoms with Crippen LogP contribution in [0.25, 0.3) is 22.2 Å². The van der Waals surface area contributed by atoms with E-state index in [-0.39, 0.29) is 5.78 Å². The standard InChI is InChI=1S/C27H23N3O4/c31-26-17-6-2-3-7-18(17)27-24-23(26)19(28-16-8-9-21-22(14-16)33-13-12-32-21)15-20(25(24)29-34-27)30-10-4-1-5-11-30/h2-3,6-9,14-15,28H,1,4-5,10-13H2. The van der Waals surface area contributed by atoms with Gasteiger partial charge in [-0.2, -0.15) is 0 Å². The van der Waals surface area contributed by atoms with Crippen LogP contribution in [0.3, 0.4) is 0 Å². The summed E-state index contributed by atoms with van der Waals surface area (Å²) >= 11 is 0. The van der Waals surface area contributed by atoms with Crippen molar-refractivity contribution in [2.24, 2.45) is 0 Å². The van der Waals surface area contributed by atoms with Gasteiger partial charge < -0.3 is 24.2 Å². The first-order valence-electron chi connectivity index (χ1n) is 11.8. The Morgan fingerprint density at radius 3 is 2.53 bits per heavy atom. The van der Waals surface area contributed by atoms with Crippen LogP contribution in [0.1, 0.15) is 35.2 Å². The zero-order valence-corrected chi connectivity index (χ0v) is 18.6. The number of ether oxygens (including phenoxy) is 2. The molecule has 1 aromatic heterocycles. The van der Waals surface area contributed by atoms with E-state index in [0.717, 1.165) is 65.2 Å². The molecule has 4 aromatic rings. The zero-order valence-electron chi connectivity index (χ0n) is 18.6. The molecule has 2 aliphatic heterocycles. The molecule has 7 rings (SSSR count). The zero-order chi connectivity index (χ0) is 22.6. The van der Waals surface area contributed by atoms with Crippen molar-refractivity contribution in [3.8, 4) is 22.8 Å². The fourth-order valence-electron chi connectivity index (χ4n) is 5.29. The number of nitrogens with one attached hydrogen (secondary N) is 1. The van der Waals surface area contributed by atoms with Crippen molar-refractivity contribution in [1.29, 1.82) is 0 Å². The number of carbonyl (C=O) groups is 1. The van der Waals surface area contributed by atoms with E-state index in [2.05, 4.69) is 21.4 Å². The maximum atomic E-state index is 13.8. The number of rotatable bonds is 3. The number of anilines is 3. The number of fused-ring (bicyclic) bond motifs is 3. The number of carbonyl (C=O) groups excluding carboxylic acids is 1. The maximum Gasteiger partial charge on any atom is 0.196 e. The van der Waals surface area contributed by atoms with E-state index in [1.807, 2.05) is 42.5 Å². The van der Waals surface area contributed by atoms with E-state index >= 15 is 0 Å². The molecule has 170 valence electrons. The Morgan fingerprint density at radius 1 is 0.882 bits per heavy atom. The Balaban J connectivity index is 1.43. The summed E-state index contributed by atoms with van der Waals surface area (Å²) in [7, 11) is 0. The minimum absolute atomic E-state index is 0.0264. The van der Waals surface area contributed by atoms with E-state index < -0.39 is 0 Å². The fraction of sp³-hybridized carbons (Fsp3) is 0.259. The Morgan fingerprint density at radius 2 is 1.68 bits per heavy atom. The van der Waals surface area contributed by atoms with Crippen molar-refractivity contribution < 1.29 is 18.8 Å². The van der Waals surface area contributed by atoms with E-state index in [0.29, 0.717) is 35.9 Å². The van der Waals surface area contributed by atoms with Gasteiger partial charge in [0.2, 0.25) is 0 Å². The first-order chi connectivity index (χ1) is 16.8. The number of hydrogen-bond donors (Lipinski definition) is 1. The van der Waals surface area contributed by atoms with Gasteiger partial charge in [0.1, 0.15) is 18.7 Å². The smallest absolute Gasteiger partial charge is 0.196 e. The summed E-state index contributed by atoms with van der Waals surface area (Å²) in [4.78, 5) is 16.1. The highest BCUT2D eigenvalue weighted by atomic mass is 16.6. The molecule has 3 aliphatic rings. The Labute approximate surface area is 196 Å². The molecule has 0 radical (unpaired) electrons. The molecule has 0 saturated carbocycles. The summed E-state index contributed by atoms with van der Waals surface area (Å²) in [6, 6.07) is 15.4. The van der Waals surface area contributed by atoms with Crippen LogP contribution in [-0.4, -0.2) is 37.2 Å². The summed E-state index contributed by atoms with van der Waals surface area (Å²) in [6.45, 7) is 2.99. The van der Waals surface area contributed by atoms with Crippen LogP contribution in [0.15, 0.2) is 53.1 Å². The van der Waals surface area contributed by atoms with E-state index in [1.54, 1.807) is 0 Å². The van der Waals surface area contributed by atoms with Gasteiger partial charge in [-0.3, -0.25) is 4.79 Å². The van der Waals surface area contributed by atoms with Gasteiger partial charge in [0, 0.05) is 36.0 Å². The highest BCUT2D eigenvalue weighted by Gasteiger charge is 2.34. The van der Waals surface area contributed by atoms with Crippen molar-refractivity contribution >= 4 is 33.7 Å². The van der Waals surface area contributed by atoms with Gasteiger partial charge in [-0.1, -0.05) is 29.4 Å². The highest BCUT2D eigenvalue weighted by Crippen LogP contribution is 2.47. The molecule has 3 aromatic carbocycles. The number of piperidine rings is 1. The molecule has 1 aliphatic carbocycles. The van der Waals surface area contributed by atoms with Gasteiger partial charge in [0.05, 0.1) is 22.3 Å². The Kier molecular flexibility index (Phi) is 4.30. The van der Waals surface area contributed by atoms with Crippen molar-refractivity contribution in [3.05, 3.63) is 59.7 Å². The predicted octanol–water partition coefficient (Wildman–Crippen LogP) is 5.54. The molecule has 3 heterocycles. The molecule has 1 N–H and O–H groups in total. The molecule has 1 saturated heterocycles. The van der Waals surface area contributed by atoms with Gasteiger partial charge in [-0.25, -0.2) is 0 Å². The van der Waals surface area contributed by atoms with Crippen LogP contribution < -0.4 is 19.7 Å². The highest BCUT2D eigenvalue weighted by molar-refractivity contribution is 6.28. The molecule has 0 atom stereocenters. The Bertz CT molecular complexity index is 1450. The van der Waals surface area contributed by atoms with Gasteiger partial charge in [0.25, 0.3) is 0 Å². The predicted molar refractivity (Wildman–Crippen MR) is 130 cm³/mol. The number of hydrogen-bond acceptors (Lipinski definition) is 7. The summed E-state index contributed by atoms with van der Waals surface area (Å²) in [5, 5.41) is 8.76. The molecule has 0 unspecified atom stereocenters. The van der Waals surface area contributed by atoms with E-state index in [1.165, 1.54) is 6.42 Å². The largest absolute Gasteiger partial charge is 0.486 e. The average Bonchev–Trinajstić information content (AvgIpc) is 3.33. The number of nitrogens with zero attached hydrogens (tertiary/aromatic N) is 2. The molecule has 0 amide bonds. The lowest BCUT2D eigenvalue weighted by atomic mass is 9.86. The maximum absolute atomic E-state index is 13.8. The topological polar surface area (TPSA) is 76.8 Å². The van der Waals surface area contributed by atoms with Crippen LogP contribution in [-0.2, 0) is 0 Å². The minimum Gasteiger partial charge on any atom is -0.486 e. The lowest BCUT2D eigenvalue weighted by Crippen LogP contribution is -2.29. The monoisotopic (exact) mass is 453 g/mol. The molecule has 1 fully saturated rings. The fourth-order valence-corrected chi connectivity index (χ4v) is 5.29. The first kappa shape index (κ1) is 19.5. The van der Waals surface area contributed by atoms with Gasteiger partial charge in [0.15, 0.2) is 23.0 Å². The van der Waals surface area contributed by atoms with Crippen LogP contribution in [0.2, 0.25) is 0 Å². The number of benzene rings is 3. The summed E-state index contributed by atoms with van der Waals surface area (Å²) < 4.78 is 17.3. The lowest BCUT2D eigenvalue weighted by molar-refractivity contribution is 0.104. The summed E-state index contributed by atoms with van der Waals surface area (Å²) in [5.74, 6) is 2.06. The lowest BCUT2D eigenvalue weighted by Gasteiger charge is -2.30. The second-order valence-electron chi connectivity index (χ2n) is 8.96. The van der Waals surface area contributed by atoms with E-state index in [9.17, 15) is 4.79 Å². The molecule has 34 heavy (non-hydrogen) atoms. The third-order valence-electron chi connectivity index (χ3n) is 6.90. The molecular weight excluding hydrogens is 430 g/mol. The molecule has 7 nitrogen and oxygen atoms in total. The van der Waals surface area contributed by atoms with Gasteiger partial charge in [-0.15, -0.1) is 0 Å². The third kappa shape index (κ3) is 2.89. The van der Waals surface area contributed by atoms with Crippen LogP contribution in [0.5, 0.6) is 11.5 Å². The first-order valence-corrected chi connectivity index (χ1v) is 11.8. The normalized spacial score (nSPS) is 16.5. The number of ketones is 1. The van der Waals surface area contributed by atoms with Crippen LogP contribution in [0, 0.1) is 0 Å². The third-order valence-corrected chi connectivity index (χ3v) is 6.90. The summed E-state index contributed by atoms with van der Waals surface area (Å²) in [5.41, 5.74) is 5.35. The average molecular weight is 453 g/mol. The van der Waals surface area contributed by atoms with Gasteiger partial charge in [-0.05, 0) is 37.5 Å². The van der Waals surface area contributed by atoms with Crippen LogP contribution in [0.4, 0.5) is 17.1 Å². The van der Waals surface area contributed by atoms with Crippen molar-refractivity contribution in [2.45, 2.75) is 19.3 Å². The molecule has 7 heteroatoms. The van der Waals surface area contributed by atoms with Crippen molar-refractivity contribution in [3.63, 3.8) is 0 Å². The van der Waals surface area contributed by atoms with Crippen molar-refractivity contribution in [1.82, 2.24) is 5.16 Å². The SMILES string of the molecule is O=C1c2ccccc2-c2onc3c(N4CCCCC4)cc(Nc4ccc5c(c4)OCCO5)c1c23. The quantitative estimate of drug-likeness (QED) is 0.384. The van der Waals surface area contributed by atoms with Crippen LogP contribution >= 0.6 is 0 Å². The van der Waals surface area contributed by atoms with Gasteiger partial charge >= 0.3 is 0 Å². The number of aromatic nitrogens is 1. The Hall–Kier alpha value is -4.00. The molecule has 0 spiro atoms. The minimum atomic E-state index is -0.0264. The molecular formula is C27H23N3O4.